The Morgan fingerprint density at radius 1 is 1.05 bits per heavy atom. The molecule has 1 N–H and O–H groups in total. The minimum Gasteiger partial charge on any atom is -0.316 e. The Morgan fingerprint density at radius 3 is 2.33 bits per heavy atom. The van der Waals surface area contributed by atoms with Crippen molar-refractivity contribution in [3.8, 4) is 0 Å². The van der Waals surface area contributed by atoms with Crippen LogP contribution in [0.25, 0.3) is 0 Å². The predicted molar refractivity (Wildman–Crippen MR) is 97.2 cm³/mol. The van der Waals surface area contributed by atoms with E-state index in [0.29, 0.717) is 6.04 Å². The van der Waals surface area contributed by atoms with Crippen LogP contribution in [0.4, 0.5) is 0 Å². The quantitative estimate of drug-likeness (QED) is 0.699. The van der Waals surface area contributed by atoms with Crippen LogP contribution in [-0.2, 0) is 12.8 Å². The fourth-order valence-corrected chi connectivity index (χ4v) is 3.87. The van der Waals surface area contributed by atoms with E-state index < -0.39 is 0 Å². The number of halogens is 1. The molecule has 1 unspecified atom stereocenters. The lowest BCUT2D eigenvalue weighted by atomic mass is 10.0. The highest BCUT2D eigenvalue weighted by Gasteiger charge is 2.09. The van der Waals surface area contributed by atoms with E-state index in [-0.39, 0.29) is 0 Å². The summed E-state index contributed by atoms with van der Waals surface area (Å²) in [6.45, 7) is 2.19. The Balaban J connectivity index is 1.92. The van der Waals surface area contributed by atoms with E-state index in [1.54, 1.807) is 0 Å². The maximum atomic E-state index is 3.61. The van der Waals surface area contributed by atoms with Crippen LogP contribution >= 0.6 is 27.7 Å². The van der Waals surface area contributed by atoms with Crippen molar-refractivity contribution in [3.05, 3.63) is 64.1 Å². The average molecular weight is 364 g/mol. The summed E-state index contributed by atoms with van der Waals surface area (Å²) in [5, 5.41) is 3.43. The molecule has 1 nitrogen and oxygen atoms in total. The van der Waals surface area contributed by atoms with Crippen LogP contribution in [0.5, 0.6) is 0 Å². The van der Waals surface area contributed by atoms with Gasteiger partial charge < -0.3 is 5.32 Å². The maximum Gasteiger partial charge on any atom is 0.0311 e. The van der Waals surface area contributed by atoms with Crippen molar-refractivity contribution in [2.45, 2.75) is 30.7 Å². The van der Waals surface area contributed by atoms with Crippen LogP contribution < -0.4 is 5.32 Å². The largest absolute Gasteiger partial charge is 0.316 e. The van der Waals surface area contributed by atoms with Crippen molar-refractivity contribution in [3.63, 3.8) is 0 Å². The molecule has 0 aliphatic carbocycles. The third-order valence-corrected chi connectivity index (χ3v) is 5.79. The zero-order chi connectivity index (χ0) is 15.1. The average Bonchev–Trinajstić information content (AvgIpc) is 2.53. The summed E-state index contributed by atoms with van der Waals surface area (Å²) in [5.41, 5.74) is 2.81. The molecule has 3 heteroatoms. The molecule has 0 amide bonds. The van der Waals surface area contributed by atoms with Gasteiger partial charge in [-0.2, -0.15) is 0 Å². The predicted octanol–water partition coefficient (Wildman–Crippen LogP) is 4.93. The van der Waals surface area contributed by atoms with Crippen molar-refractivity contribution in [2.24, 2.45) is 0 Å². The number of hydrogen-bond acceptors (Lipinski definition) is 2. The third kappa shape index (κ3) is 5.17. The highest BCUT2D eigenvalue weighted by Crippen LogP contribution is 2.27. The molecule has 1 atom stereocenters. The first-order valence-electron chi connectivity index (χ1n) is 7.35. The smallest absolute Gasteiger partial charge is 0.0311 e. The molecule has 0 fully saturated rings. The van der Waals surface area contributed by atoms with Crippen molar-refractivity contribution in [1.82, 2.24) is 5.32 Å². The van der Waals surface area contributed by atoms with E-state index in [0.717, 1.165) is 18.6 Å². The van der Waals surface area contributed by atoms with E-state index in [4.69, 9.17) is 0 Å². The zero-order valence-corrected chi connectivity index (χ0v) is 15.0. The van der Waals surface area contributed by atoms with Crippen molar-refractivity contribution >= 4 is 27.7 Å². The van der Waals surface area contributed by atoms with Crippen molar-refractivity contribution < 1.29 is 0 Å². The number of hydrogen-bond donors (Lipinski definition) is 1. The molecule has 0 saturated carbocycles. The SMILES string of the molecule is CCc1ccc(CC(CSc2ccccc2Br)NC)cc1. The van der Waals surface area contributed by atoms with Crippen molar-refractivity contribution in [2.75, 3.05) is 12.8 Å². The zero-order valence-electron chi connectivity index (χ0n) is 12.6. The maximum absolute atomic E-state index is 3.61. The fraction of sp³-hybridized carbons (Fsp3) is 0.333. The molecule has 21 heavy (non-hydrogen) atoms. The first kappa shape index (κ1) is 16.6. The van der Waals surface area contributed by atoms with Gasteiger partial charge >= 0.3 is 0 Å². The van der Waals surface area contributed by atoms with Crippen LogP contribution in [0, 0.1) is 0 Å². The number of rotatable bonds is 7. The lowest BCUT2D eigenvalue weighted by Gasteiger charge is -2.16. The van der Waals surface area contributed by atoms with Gasteiger partial charge in [0.2, 0.25) is 0 Å². The summed E-state index contributed by atoms with van der Waals surface area (Å²) in [5.74, 6) is 1.06. The molecule has 0 bridgehead atoms. The lowest BCUT2D eigenvalue weighted by Crippen LogP contribution is -2.30. The molecule has 0 spiro atoms. The van der Waals surface area contributed by atoms with E-state index in [2.05, 4.69) is 76.7 Å². The summed E-state index contributed by atoms with van der Waals surface area (Å²) in [6.07, 6.45) is 2.17. The third-order valence-electron chi connectivity index (χ3n) is 3.60. The van der Waals surface area contributed by atoms with E-state index in [9.17, 15) is 0 Å². The van der Waals surface area contributed by atoms with Crippen LogP contribution in [0.1, 0.15) is 18.1 Å². The molecule has 2 rings (SSSR count). The van der Waals surface area contributed by atoms with Crippen LogP contribution in [0.3, 0.4) is 0 Å². The van der Waals surface area contributed by atoms with Crippen LogP contribution in [-0.4, -0.2) is 18.8 Å². The molecular weight excluding hydrogens is 342 g/mol. The standard InChI is InChI=1S/C18H22BrNS/c1-3-14-8-10-15(11-9-14)12-16(20-2)13-21-18-7-5-4-6-17(18)19/h4-11,16,20H,3,12-13H2,1-2H3. The second-order valence-corrected chi connectivity index (χ2v) is 7.02. The number of likely N-dealkylation sites (N-methyl/N-ethyl adjacent to an activating group) is 1. The molecule has 0 aliphatic heterocycles. The lowest BCUT2D eigenvalue weighted by molar-refractivity contribution is 0.617. The minimum atomic E-state index is 0.481. The Labute approximate surface area is 140 Å². The van der Waals surface area contributed by atoms with Gasteiger partial charge in [-0.15, -0.1) is 11.8 Å². The number of aryl methyl sites for hydroxylation is 1. The summed E-state index contributed by atoms with van der Waals surface area (Å²) < 4.78 is 1.18. The van der Waals surface area contributed by atoms with E-state index >= 15 is 0 Å². The molecule has 112 valence electrons. The molecule has 2 aromatic rings. The van der Waals surface area contributed by atoms with Gasteiger partial charge in [-0.25, -0.2) is 0 Å². The molecule has 0 saturated heterocycles. The number of benzene rings is 2. The van der Waals surface area contributed by atoms with Gasteiger partial charge in [0.15, 0.2) is 0 Å². The molecular formula is C18H22BrNS. The number of nitrogens with one attached hydrogen (secondary N) is 1. The summed E-state index contributed by atoms with van der Waals surface area (Å²) in [7, 11) is 2.05. The summed E-state index contributed by atoms with van der Waals surface area (Å²) in [6, 6.07) is 17.9. The van der Waals surface area contributed by atoms with Gasteiger partial charge in [0, 0.05) is 21.2 Å². The highest BCUT2D eigenvalue weighted by atomic mass is 79.9. The van der Waals surface area contributed by atoms with Gasteiger partial charge in [0.1, 0.15) is 0 Å². The molecule has 0 heterocycles. The second-order valence-electron chi connectivity index (χ2n) is 5.10. The Morgan fingerprint density at radius 2 is 1.71 bits per heavy atom. The van der Waals surface area contributed by atoms with Gasteiger partial charge in [-0.3, -0.25) is 0 Å². The van der Waals surface area contributed by atoms with Crippen molar-refractivity contribution in [1.29, 1.82) is 0 Å². The topological polar surface area (TPSA) is 12.0 Å². The molecule has 0 radical (unpaired) electrons. The Kier molecular flexibility index (Phi) is 6.81. The van der Waals surface area contributed by atoms with E-state index in [1.807, 2.05) is 18.8 Å². The fourth-order valence-electron chi connectivity index (χ4n) is 2.19. The van der Waals surface area contributed by atoms with Gasteiger partial charge in [-0.1, -0.05) is 43.3 Å². The first-order chi connectivity index (χ1) is 10.2. The normalized spacial score (nSPS) is 12.3. The first-order valence-corrected chi connectivity index (χ1v) is 9.13. The van der Waals surface area contributed by atoms with Crippen LogP contribution in [0.15, 0.2) is 57.9 Å². The monoisotopic (exact) mass is 363 g/mol. The summed E-state index contributed by atoms with van der Waals surface area (Å²) in [4.78, 5) is 1.30. The van der Waals surface area contributed by atoms with E-state index in [1.165, 1.54) is 20.5 Å². The second kappa shape index (κ2) is 8.62. The Hall–Kier alpha value is -0.770. The van der Waals surface area contributed by atoms with Crippen LogP contribution in [0.2, 0.25) is 0 Å². The number of thioether (sulfide) groups is 1. The minimum absolute atomic E-state index is 0.481. The van der Waals surface area contributed by atoms with Gasteiger partial charge in [0.05, 0.1) is 0 Å². The molecule has 2 aromatic carbocycles. The van der Waals surface area contributed by atoms with Gasteiger partial charge in [0.25, 0.3) is 0 Å². The summed E-state index contributed by atoms with van der Waals surface area (Å²) >= 11 is 5.51. The highest BCUT2D eigenvalue weighted by molar-refractivity contribution is 9.10. The Bertz CT molecular complexity index is 553. The molecule has 0 aromatic heterocycles. The molecule has 0 aliphatic rings. The van der Waals surface area contributed by atoms with Gasteiger partial charge in [-0.05, 0) is 59.1 Å².